The number of hydrogen-bond donors (Lipinski definition) is 2. The van der Waals surface area contributed by atoms with Gasteiger partial charge in [0.25, 0.3) is 5.91 Å². The van der Waals surface area contributed by atoms with Gasteiger partial charge in [0.2, 0.25) is 5.91 Å². The topological polar surface area (TPSA) is 76.0 Å². The molecule has 6 heteroatoms. The van der Waals surface area contributed by atoms with E-state index in [0.717, 1.165) is 16.9 Å². The molecule has 0 radical (unpaired) electrons. The summed E-state index contributed by atoms with van der Waals surface area (Å²) in [5.41, 5.74) is 2.59. The van der Waals surface area contributed by atoms with Crippen LogP contribution in [0.25, 0.3) is 11.0 Å². The zero-order chi connectivity index (χ0) is 18.4. The first-order chi connectivity index (χ1) is 12.6. The van der Waals surface area contributed by atoms with E-state index in [9.17, 15) is 9.59 Å². The molecule has 0 aliphatic carbocycles. The molecule has 0 bridgehead atoms. The Morgan fingerprint density at radius 1 is 1.00 bits per heavy atom. The lowest BCUT2D eigenvalue weighted by Crippen LogP contribution is -2.27. The van der Waals surface area contributed by atoms with Crippen LogP contribution in [0, 0.1) is 0 Å². The van der Waals surface area contributed by atoms with Gasteiger partial charge in [0.05, 0.1) is 17.6 Å². The van der Waals surface area contributed by atoms with Gasteiger partial charge in [-0.05, 0) is 30.7 Å². The fourth-order valence-electron chi connectivity index (χ4n) is 2.76. The molecular formula is C20H22N4O2. The first-order valence-corrected chi connectivity index (χ1v) is 8.65. The summed E-state index contributed by atoms with van der Waals surface area (Å²) >= 11 is 0. The minimum atomic E-state index is -0.120. The molecule has 2 N–H and O–H groups in total. The Balaban J connectivity index is 1.40. The van der Waals surface area contributed by atoms with Crippen LogP contribution in [0.2, 0.25) is 0 Å². The summed E-state index contributed by atoms with van der Waals surface area (Å²) < 4.78 is 1.98. The Labute approximate surface area is 152 Å². The van der Waals surface area contributed by atoms with Gasteiger partial charge in [0, 0.05) is 25.6 Å². The summed E-state index contributed by atoms with van der Waals surface area (Å²) in [6.07, 6.45) is 0.950. The summed E-state index contributed by atoms with van der Waals surface area (Å²) in [5.74, 6) is 0.647. The number of amides is 2. The third kappa shape index (κ3) is 4.27. The first-order valence-electron chi connectivity index (χ1n) is 8.65. The number of aromatic nitrogens is 2. The Morgan fingerprint density at radius 2 is 1.73 bits per heavy atom. The van der Waals surface area contributed by atoms with Crippen molar-refractivity contribution in [1.82, 2.24) is 20.2 Å². The van der Waals surface area contributed by atoms with Crippen LogP contribution in [-0.4, -0.2) is 27.9 Å². The molecule has 2 amide bonds. The van der Waals surface area contributed by atoms with E-state index in [-0.39, 0.29) is 11.8 Å². The van der Waals surface area contributed by atoms with Crippen molar-refractivity contribution in [2.45, 2.75) is 19.4 Å². The quantitative estimate of drug-likeness (QED) is 0.643. The number of aryl methyl sites for hydroxylation is 1. The average Bonchev–Trinajstić information content (AvgIpc) is 3.00. The smallest absolute Gasteiger partial charge is 0.251 e. The van der Waals surface area contributed by atoms with Crippen LogP contribution in [0.1, 0.15) is 29.0 Å². The highest BCUT2D eigenvalue weighted by atomic mass is 16.2. The molecule has 0 aliphatic rings. The largest absolute Gasteiger partial charge is 0.352 e. The molecule has 3 rings (SSSR count). The van der Waals surface area contributed by atoms with Gasteiger partial charge in [-0.25, -0.2) is 4.98 Å². The van der Waals surface area contributed by atoms with Gasteiger partial charge in [0.15, 0.2) is 0 Å². The van der Waals surface area contributed by atoms with Crippen LogP contribution >= 0.6 is 0 Å². The molecule has 0 atom stereocenters. The molecule has 3 aromatic rings. The van der Waals surface area contributed by atoms with Crippen molar-refractivity contribution in [3.05, 3.63) is 66.0 Å². The number of imidazole rings is 1. The lowest BCUT2D eigenvalue weighted by molar-refractivity contribution is -0.121. The van der Waals surface area contributed by atoms with Crippen molar-refractivity contribution in [3.8, 4) is 0 Å². The Bertz CT molecular complexity index is 903. The SMILES string of the molecule is Cn1c(CNC(=O)CCCNC(=O)c2ccccc2)nc2ccccc21. The molecule has 0 saturated heterocycles. The normalized spacial score (nSPS) is 10.7. The van der Waals surface area contributed by atoms with Crippen LogP contribution in [0.3, 0.4) is 0 Å². The van der Waals surface area contributed by atoms with E-state index in [2.05, 4.69) is 15.6 Å². The number of nitrogens with one attached hydrogen (secondary N) is 2. The van der Waals surface area contributed by atoms with E-state index < -0.39 is 0 Å². The fraction of sp³-hybridized carbons (Fsp3) is 0.250. The van der Waals surface area contributed by atoms with Crippen molar-refractivity contribution in [1.29, 1.82) is 0 Å². The van der Waals surface area contributed by atoms with Crippen molar-refractivity contribution >= 4 is 22.8 Å². The number of fused-ring (bicyclic) bond motifs is 1. The second-order valence-electron chi connectivity index (χ2n) is 6.08. The molecule has 2 aromatic carbocycles. The second-order valence-corrected chi connectivity index (χ2v) is 6.08. The molecule has 134 valence electrons. The van der Waals surface area contributed by atoms with Gasteiger partial charge in [-0.15, -0.1) is 0 Å². The maximum absolute atomic E-state index is 12.0. The van der Waals surface area contributed by atoms with Crippen molar-refractivity contribution in [2.75, 3.05) is 6.54 Å². The Kier molecular flexibility index (Phi) is 5.63. The number of benzene rings is 2. The minimum absolute atomic E-state index is 0.0500. The van der Waals surface area contributed by atoms with Gasteiger partial charge in [-0.2, -0.15) is 0 Å². The summed E-state index contributed by atoms with van der Waals surface area (Å²) in [7, 11) is 1.94. The number of carbonyl (C=O) groups is 2. The fourth-order valence-corrected chi connectivity index (χ4v) is 2.76. The van der Waals surface area contributed by atoms with E-state index in [1.54, 1.807) is 12.1 Å². The van der Waals surface area contributed by atoms with Crippen LogP contribution in [0.15, 0.2) is 54.6 Å². The number of carbonyl (C=O) groups excluding carboxylic acids is 2. The van der Waals surface area contributed by atoms with E-state index in [0.29, 0.717) is 31.5 Å². The lowest BCUT2D eigenvalue weighted by atomic mass is 10.2. The summed E-state index contributed by atoms with van der Waals surface area (Å²) in [6.45, 7) is 0.855. The molecule has 1 aromatic heterocycles. The Morgan fingerprint density at radius 3 is 2.50 bits per heavy atom. The summed E-state index contributed by atoms with van der Waals surface area (Å²) in [4.78, 5) is 28.4. The molecule has 6 nitrogen and oxygen atoms in total. The zero-order valence-electron chi connectivity index (χ0n) is 14.7. The number of para-hydroxylation sites is 2. The number of hydrogen-bond acceptors (Lipinski definition) is 3. The van der Waals surface area contributed by atoms with Gasteiger partial charge >= 0.3 is 0 Å². The Hall–Kier alpha value is -3.15. The molecular weight excluding hydrogens is 328 g/mol. The van der Waals surface area contributed by atoms with Crippen LogP contribution < -0.4 is 10.6 Å². The third-order valence-electron chi connectivity index (χ3n) is 4.23. The molecule has 0 unspecified atom stereocenters. The third-order valence-corrected chi connectivity index (χ3v) is 4.23. The van der Waals surface area contributed by atoms with Gasteiger partial charge in [-0.3, -0.25) is 9.59 Å². The molecule has 0 saturated carbocycles. The number of rotatable bonds is 7. The maximum atomic E-state index is 12.0. The molecule has 0 spiro atoms. The second kappa shape index (κ2) is 8.29. The van der Waals surface area contributed by atoms with E-state index >= 15 is 0 Å². The lowest BCUT2D eigenvalue weighted by Gasteiger charge is -2.07. The number of nitrogens with zero attached hydrogens (tertiary/aromatic N) is 2. The van der Waals surface area contributed by atoms with Gasteiger partial charge in [-0.1, -0.05) is 30.3 Å². The van der Waals surface area contributed by atoms with Crippen LogP contribution in [0.4, 0.5) is 0 Å². The molecule has 0 aliphatic heterocycles. The van der Waals surface area contributed by atoms with Crippen molar-refractivity contribution in [2.24, 2.45) is 7.05 Å². The standard InChI is InChI=1S/C20H22N4O2/c1-24-17-11-6-5-10-16(17)23-18(24)14-22-19(25)12-7-13-21-20(26)15-8-3-2-4-9-15/h2-6,8-11H,7,12-14H2,1H3,(H,21,26)(H,22,25). The maximum Gasteiger partial charge on any atom is 0.251 e. The minimum Gasteiger partial charge on any atom is -0.352 e. The monoisotopic (exact) mass is 350 g/mol. The van der Waals surface area contributed by atoms with Crippen molar-refractivity contribution < 1.29 is 9.59 Å². The van der Waals surface area contributed by atoms with Gasteiger partial charge < -0.3 is 15.2 Å². The average molecular weight is 350 g/mol. The highest BCUT2D eigenvalue weighted by Gasteiger charge is 2.09. The van der Waals surface area contributed by atoms with E-state index in [1.165, 1.54) is 0 Å². The zero-order valence-corrected chi connectivity index (χ0v) is 14.7. The van der Waals surface area contributed by atoms with Crippen molar-refractivity contribution in [3.63, 3.8) is 0 Å². The molecule has 26 heavy (non-hydrogen) atoms. The van der Waals surface area contributed by atoms with Gasteiger partial charge in [0.1, 0.15) is 5.82 Å². The van der Waals surface area contributed by atoms with Crippen LogP contribution in [-0.2, 0) is 18.4 Å². The van der Waals surface area contributed by atoms with E-state index in [4.69, 9.17) is 0 Å². The predicted octanol–water partition coefficient (Wildman–Crippen LogP) is 2.40. The molecule has 0 fully saturated rings. The van der Waals surface area contributed by atoms with Crippen LogP contribution in [0.5, 0.6) is 0 Å². The predicted molar refractivity (Wildman–Crippen MR) is 101 cm³/mol. The molecule has 1 heterocycles. The van der Waals surface area contributed by atoms with E-state index in [1.807, 2.05) is 54.1 Å². The summed E-state index contributed by atoms with van der Waals surface area (Å²) in [5, 5.41) is 5.71. The highest BCUT2D eigenvalue weighted by molar-refractivity contribution is 5.94. The first kappa shape index (κ1) is 17.7. The summed E-state index contributed by atoms with van der Waals surface area (Å²) in [6, 6.07) is 16.9. The highest BCUT2D eigenvalue weighted by Crippen LogP contribution is 2.13.